The molecule has 1 aliphatic heterocycles. The molecule has 1 saturated heterocycles. The number of hydrogen-bond donors (Lipinski definition) is 2. The van der Waals surface area contributed by atoms with Gasteiger partial charge in [-0.1, -0.05) is 0 Å². The Morgan fingerprint density at radius 2 is 1.94 bits per heavy atom. The van der Waals surface area contributed by atoms with Crippen LogP contribution in [-0.4, -0.2) is 68.2 Å². The number of aromatic hydroxyl groups is 1. The summed E-state index contributed by atoms with van der Waals surface area (Å²) in [6.07, 6.45) is 3.39. The van der Waals surface area contributed by atoms with Gasteiger partial charge in [-0.25, -0.2) is 14.4 Å². The number of carbonyl (C=O) groups is 1. The van der Waals surface area contributed by atoms with Crippen molar-refractivity contribution in [2.45, 2.75) is 46.7 Å². The van der Waals surface area contributed by atoms with Crippen LogP contribution in [0, 0.1) is 5.82 Å². The summed E-state index contributed by atoms with van der Waals surface area (Å²) in [5.74, 6) is 0.529. The quantitative estimate of drug-likeness (QED) is 0.524. The van der Waals surface area contributed by atoms with E-state index in [9.17, 15) is 14.3 Å². The molecule has 1 fully saturated rings. The van der Waals surface area contributed by atoms with Crippen molar-refractivity contribution in [3.63, 3.8) is 0 Å². The maximum atomic E-state index is 14.4. The molecule has 0 bridgehead atoms. The Bertz CT molecular complexity index is 1220. The van der Waals surface area contributed by atoms with Crippen molar-refractivity contribution in [3.8, 4) is 11.8 Å². The molecule has 1 atom stereocenters. The zero-order chi connectivity index (χ0) is 25.3. The smallest absolute Gasteiger partial charge is 0.250 e. The average molecular weight is 486 g/mol. The predicted octanol–water partition coefficient (Wildman–Crippen LogP) is 3.49. The van der Waals surface area contributed by atoms with Crippen molar-refractivity contribution >= 4 is 28.6 Å². The van der Waals surface area contributed by atoms with E-state index in [1.54, 1.807) is 29.5 Å². The monoisotopic (exact) mass is 485 g/mol. The predicted molar refractivity (Wildman–Crippen MR) is 131 cm³/mol. The van der Waals surface area contributed by atoms with Crippen molar-refractivity contribution in [2.24, 2.45) is 0 Å². The van der Waals surface area contributed by atoms with Gasteiger partial charge in [0.2, 0.25) is 23.6 Å². The molecule has 1 amide bonds. The average Bonchev–Trinajstić information content (AvgIpc) is 3.17. The summed E-state index contributed by atoms with van der Waals surface area (Å²) in [7, 11) is 0. The third kappa shape index (κ3) is 4.94. The summed E-state index contributed by atoms with van der Waals surface area (Å²) in [5.41, 5.74) is 1.06. The second-order valence-electron chi connectivity index (χ2n) is 8.94. The number of nitrogens with one attached hydrogen (secondary N) is 1. The number of amides is 1. The molecular weight excluding hydrogens is 453 g/mol. The molecule has 2 N–H and O–H groups in total. The van der Waals surface area contributed by atoms with E-state index >= 15 is 0 Å². The van der Waals surface area contributed by atoms with Crippen molar-refractivity contribution in [3.05, 3.63) is 29.8 Å². The van der Waals surface area contributed by atoms with Crippen LogP contribution < -0.4 is 15.0 Å². The minimum Gasteiger partial charge on any atom is -0.493 e. The van der Waals surface area contributed by atoms with Crippen LogP contribution in [0.5, 0.6) is 11.8 Å². The molecule has 4 rings (SSSR count). The van der Waals surface area contributed by atoms with Crippen LogP contribution in [0.25, 0.3) is 10.9 Å². The molecule has 35 heavy (non-hydrogen) atoms. The molecule has 1 aliphatic rings. The number of fused-ring (bicyclic) bond motifs is 1. The fourth-order valence-electron chi connectivity index (χ4n) is 4.15. The molecule has 0 unspecified atom stereocenters. The van der Waals surface area contributed by atoms with Crippen LogP contribution in [0.2, 0.25) is 0 Å². The first-order valence-corrected chi connectivity index (χ1v) is 11.9. The molecule has 3 aromatic heterocycles. The molecule has 0 radical (unpaired) electrons. The van der Waals surface area contributed by atoms with Crippen molar-refractivity contribution in [1.29, 1.82) is 0 Å². The van der Waals surface area contributed by atoms with Crippen LogP contribution >= 0.6 is 0 Å². The molecule has 3 aromatic rings. The highest BCUT2D eigenvalue weighted by Crippen LogP contribution is 2.35. The standard InChI is InChI=1S/C24H32FN7O3/c1-6-35-22-19(25)11-17(12-26-22)15(4)27-21-18-13-32(14(2)3)23(34)20(18)28-24(29-21)31-9-7-30(8-10-31)16(5)33/h11-15,34H,6-10H2,1-5H3,(H,27,28,29)/t15-/m1/s1. The van der Waals surface area contributed by atoms with Gasteiger partial charge in [-0.3, -0.25) is 4.79 Å². The Labute approximate surface area is 203 Å². The van der Waals surface area contributed by atoms with Gasteiger partial charge in [0.15, 0.2) is 5.82 Å². The highest BCUT2D eigenvalue weighted by atomic mass is 19.1. The third-order valence-electron chi connectivity index (χ3n) is 6.19. The highest BCUT2D eigenvalue weighted by Gasteiger charge is 2.25. The maximum absolute atomic E-state index is 14.4. The number of piperazine rings is 1. The van der Waals surface area contributed by atoms with E-state index in [1.165, 1.54) is 6.07 Å². The summed E-state index contributed by atoms with van der Waals surface area (Å²) in [6.45, 7) is 11.8. The number of anilines is 2. The summed E-state index contributed by atoms with van der Waals surface area (Å²) in [4.78, 5) is 29.0. The SMILES string of the molecule is CCOc1ncc([C@@H](C)Nc2nc(N3CCN(C(C)=O)CC3)nc3c(O)n(C(C)C)cc23)cc1F. The minimum atomic E-state index is -0.529. The van der Waals surface area contributed by atoms with Crippen LogP contribution in [0.3, 0.4) is 0 Å². The molecule has 0 spiro atoms. The summed E-state index contributed by atoms with van der Waals surface area (Å²) in [6, 6.07) is 1.08. The second kappa shape index (κ2) is 9.93. The third-order valence-corrected chi connectivity index (χ3v) is 6.19. The Morgan fingerprint density at radius 1 is 1.23 bits per heavy atom. The Morgan fingerprint density at radius 3 is 2.54 bits per heavy atom. The molecular formula is C24H32FN7O3. The van der Waals surface area contributed by atoms with E-state index < -0.39 is 5.82 Å². The van der Waals surface area contributed by atoms with Crippen LogP contribution in [-0.2, 0) is 4.79 Å². The molecule has 11 heteroatoms. The lowest BCUT2D eigenvalue weighted by molar-refractivity contribution is -0.129. The first-order chi connectivity index (χ1) is 16.7. The van der Waals surface area contributed by atoms with E-state index in [1.807, 2.05) is 31.9 Å². The fraction of sp³-hybridized carbons (Fsp3) is 0.500. The van der Waals surface area contributed by atoms with Gasteiger partial charge in [0.05, 0.1) is 18.0 Å². The van der Waals surface area contributed by atoms with E-state index in [2.05, 4.69) is 15.3 Å². The lowest BCUT2D eigenvalue weighted by Crippen LogP contribution is -2.48. The van der Waals surface area contributed by atoms with Gasteiger partial charge in [0.25, 0.3) is 0 Å². The zero-order valence-corrected chi connectivity index (χ0v) is 20.7. The van der Waals surface area contributed by atoms with Gasteiger partial charge < -0.3 is 29.5 Å². The number of rotatable bonds is 7. The Kier molecular flexibility index (Phi) is 6.95. The first-order valence-electron chi connectivity index (χ1n) is 11.9. The number of pyridine rings is 1. The maximum Gasteiger partial charge on any atom is 0.250 e. The van der Waals surface area contributed by atoms with Crippen molar-refractivity contribution < 1.29 is 19.0 Å². The molecule has 0 aliphatic carbocycles. The number of carbonyl (C=O) groups excluding carboxylic acids is 1. The van der Waals surface area contributed by atoms with E-state index in [4.69, 9.17) is 9.72 Å². The molecule has 4 heterocycles. The number of aromatic nitrogens is 4. The minimum absolute atomic E-state index is 0.0152. The number of halogens is 1. The molecule has 0 aromatic carbocycles. The fourth-order valence-corrected chi connectivity index (χ4v) is 4.15. The van der Waals surface area contributed by atoms with Gasteiger partial charge in [-0.2, -0.15) is 4.98 Å². The van der Waals surface area contributed by atoms with E-state index in [-0.39, 0.29) is 29.8 Å². The summed E-state index contributed by atoms with van der Waals surface area (Å²) < 4.78 is 21.4. The summed E-state index contributed by atoms with van der Waals surface area (Å²) >= 11 is 0. The number of nitrogens with zero attached hydrogens (tertiary/aromatic N) is 6. The topological polar surface area (TPSA) is 109 Å². The highest BCUT2D eigenvalue weighted by molar-refractivity contribution is 5.94. The Balaban J connectivity index is 1.69. The second-order valence-corrected chi connectivity index (χ2v) is 8.94. The first kappa shape index (κ1) is 24.5. The normalized spacial score (nSPS) is 15.1. The van der Waals surface area contributed by atoms with Crippen molar-refractivity contribution in [1.82, 2.24) is 24.4 Å². The van der Waals surface area contributed by atoms with Gasteiger partial charge in [0.1, 0.15) is 11.3 Å². The molecule has 0 saturated carbocycles. The van der Waals surface area contributed by atoms with Crippen LogP contribution in [0.1, 0.15) is 52.3 Å². The van der Waals surface area contributed by atoms with Gasteiger partial charge in [-0.05, 0) is 39.3 Å². The van der Waals surface area contributed by atoms with Gasteiger partial charge in [0, 0.05) is 51.5 Å². The summed E-state index contributed by atoms with van der Waals surface area (Å²) in [5, 5.41) is 14.9. The van der Waals surface area contributed by atoms with Gasteiger partial charge >= 0.3 is 0 Å². The zero-order valence-electron chi connectivity index (χ0n) is 20.7. The lowest BCUT2D eigenvalue weighted by atomic mass is 10.1. The lowest BCUT2D eigenvalue weighted by Gasteiger charge is -2.34. The molecule has 188 valence electrons. The van der Waals surface area contributed by atoms with Gasteiger partial charge in [-0.15, -0.1) is 0 Å². The molecule has 10 nitrogen and oxygen atoms in total. The van der Waals surface area contributed by atoms with E-state index in [0.717, 1.165) is 0 Å². The number of ether oxygens (including phenoxy) is 1. The van der Waals surface area contributed by atoms with Crippen LogP contribution in [0.15, 0.2) is 18.5 Å². The Hall–Kier alpha value is -3.63. The van der Waals surface area contributed by atoms with Crippen LogP contribution in [0.4, 0.5) is 16.2 Å². The van der Waals surface area contributed by atoms with Crippen molar-refractivity contribution in [2.75, 3.05) is 43.0 Å². The number of hydrogen-bond acceptors (Lipinski definition) is 8. The largest absolute Gasteiger partial charge is 0.493 e. The van der Waals surface area contributed by atoms with E-state index in [0.29, 0.717) is 61.0 Å².